The van der Waals surface area contributed by atoms with Crippen molar-refractivity contribution in [3.05, 3.63) is 23.3 Å². The summed E-state index contributed by atoms with van der Waals surface area (Å²) in [5.41, 5.74) is 0.864. The summed E-state index contributed by atoms with van der Waals surface area (Å²) in [6.45, 7) is 0.0935. The predicted octanol–water partition coefficient (Wildman–Crippen LogP) is 1.15. The molecule has 2 aliphatic heterocycles. The van der Waals surface area contributed by atoms with Crippen LogP contribution in [0.5, 0.6) is 11.5 Å². The van der Waals surface area contributed by atoms with Gasteiger partial charge < -0.3 is 14.2 Å². The number of fused-ring (bicyclic) bond motifs is 3. The minimum atomic E-state index is -0.831. The number of esters is 1. The molecule has 0 aromatic heterocycles. The summed E-state index contributed by atoms with van der Waals surface area (Å²) < 4.78 is 15.2. The number of hydrogen-bond acceptors (Lipinski definition) is 5. The fourth-order valence-electron chi connectivity index (χ4n) is 1.74. The summed E-state index contributed by atoms with van der Waals surface area (Å²) >= 11 is 0. The number of ether oxygens (including phenoxy) is 3. The zero-order valence-electron chi connectivity index (χ0n) is 7.52. The third-order valence-corrected chi connectivity index (χ3v) is 2.40. The molecule has 0 fully saturated rings. The summed E-state index contributed by atoms with van der Waals surface area (Å²) in [5.74, 6) is 0.374. The van der Waals surface area contributed by atoms with E-state index in [9.17, 15) is 4.79 Å². The van der Waals surface area contributed by atoms with Crippen molar-refractivity contribution in [2.45, 2.75) is 6.10 Å². The van der Waals surface area contributed by atoms with E-state index in [0.717, 1.165) is 0 Å². The SMILES string of the molecule is N#CC1OC(=O)c2c1ccc1c2OCO1. The van der Waals surface area contributed by atoms with Crippen molar-refractivity contribution in [2.75, 3.05) is 6.79 Å². The Morgan fingerprint density at radius 3 is 3.07 bits per heavy atom. The Hall–Kier alpha value is -2.22. The number of cyclic esters (lactones) is 1. The van der Waals surface area contributed by atoms with Crippen molar-refractivity contribution in [1.29, 1.82) is 5.26 Å². The van der Waals surface area contributed by atoms with Gasteiger partial charge in [-0.05, 0) is 12.1 Å². The molecule has 2 heterocycles. The summed E-state index contributed by atoms with van der Waals surface area (Å²) in [6.07, 6.45) is -0.831. The second-order valence-electron chi connectivity index (χ2n) is 3.18. The lowest BCUT2D eigenvalue weighted by Crippen LogP contribution is -1.98. The van der Waals surface area contributed by atoms with E-state index in [2.05, 4.69) is 0 Å². The molecule has 0 bridgehead atoms. The molecule has 74 valence electrons. The van der Waals surface area contributed by atoms with Gasteiger partial charge in [0.1, 0.15) is 11.6 Å². The predicted molar refractivity (Wildman–Crippen MR) is 46.3 cm³/mol. The molecule has 1 unspecified atom stereocenters. The highest BCUT2D eigenvalue weighted by Crippen LogP contribution is 2.43. The molecule has 5 heteroatoms. The van der Waals surface area contributed by atoms with Gasteiger partial charge >= 0.3 is 5.97 Å². The lowest BCUT2D eigenvalue weighted by atomic mass is 10.0. The average Bonchev–Trinajstić information content (AvgIpc) is 2.81. The standard InChI is InChI=1S/C10H5NO4/c11-3-7-5-1-2-6-9(14-4-13-6)8(5)10(12)15-7/h1-2,7H,4H2. The van der Waals surface area contributed by atoms with Gasteiger partial charge in [-0.3, -0.25) is 0 Å². The van der Waals surface area contributed by atoms with Crippen LogP contribution in [-0.2, 0) is 4.74 Å². The van der Waals surface area contributed by atoms with Crippen molar-refractivity contribution in [3.63, 3.8) is 0 Å². The normalized spacial score (nSPS) is 20.7. The highest BCUT2D eigenvalue weighted by atomic mass is 16.7. The third kappa shape index (κ3) is 0.931. The second-order valence-corrected chi connectivity index (χ2v) is 3.18. The lowest BCUT2D eigenvalue weighted by Gasteiger charge is -2.00. The molecule has 0 amide bonds. The van der Waals surface area contributed by atoms with E-state index in [4.69, 9.17) is 19.5 Å². The summed E-state index contributed by atoms with van der Waals surface area (Å²) in [5, 5.41) is 8.78. The number of nitriles is 1. The maximum atomic E-state index is 11.5. The molecular formula is C10H5NO4. The maximum absolute atomic E-state index is 11.5. The molecule has 1 atom stereocenters. The van der Waals surface area contributed by atoms with Crippen molar-refractivity contribution in [2.24, 2.45) is 0 Å². The van der Waals surface area contributed by atoms with Crippen molar-refractivity contribution < 1.29 is 19.0 Å². The molecule has 1 aromatic carbocycles. The van der Waals surface area contributed by atoms with Crippen LogP contribution < -0.4 is 9.47 Å². The van der Waals surface area contributed by atoms with Gasteiger partial charge in [0, 0.05) is 5.56 Å². The van der Waals surface area contributed by atoms with Crippen LogP contribution in [0, 0.1) is 11.3 Å². The molecule has 0 saturated carbocycles. The first-order chi connectivity index (χ1) is 7.31. The second kappa shape index (κ2) is 2.64. The fourth-order valence-corrected chi connectivity index (χ4v) is 1.74. The molecule has 0 radical (unpaired) electrons. The van der Waals surface area contributed by atoms with Gasteiger partial charge in [-0.15, -0.1) is 0 Å². The average molecular weight is 203 g/mol. The van der Waals surface area contributed by atoms with Gasteiger partial charge in [-0.2, -0.15) is 5.26 Å². The Balaban J connectivity index is 2.26. The molecular weight excluding hydrogens is 198 g/mol. The first kappa shape index (κ1) is 8.12. The number of benzene rings is 1. The van der Waals surface area contributed by atoms with Crippen LogP contribution in [0.1, 0.15) is 22.0 Å². The van der Waals surface area contributed by atoms with Gasteiger partial charge in [-0.1, -0.05) is 0 Å². The van der Waals surface area contributed by atoms with Crippen molar-refractivity contribution >= 4 is 5.97 Å². The fraction of sp³-hybridized carbons (Fsp3) is 0.200. The van der Waals surface area contributed by atoms with E-state index in [1.165, 1.54) is 0 Å². The molecule has 1 aromatic rings. The first-order valence-corrected chi connectivity index (χ1v) is 4.34. The molecule has 15 heavy (non-hydrogen) atoms. The van der Waals surface area contributed by atoms with Gasteiger partial charge in [0.25, 0.3) is 0 Å². The van der Waals surface area contributed by atoms with Crippen molar-refractivity contribution in [1.82, 2.24) is 0 Å². The minimum Gasteiger partial charge on any atom is -0.454 e. The largest absolute Gasteiger partial charge is 0.454 e. The number of carbonyl (C=O) groups is 1. The highest BCUT2D eigenvalue weighted by molar-refractivity contribution is 5.98. The van der Waals surface area contributed by atoms with Gasteiger partial charge in [0.05, 0.1) is 0 Å². The molecule has 0 spiro atoms. The molecule has 0 N–H and O–H groups in total. The number of hydrogen-bond donors (Lipinski definition) is 0. The minimum absolute atomic E-state index is 0.0935. The Bertz CT molecular complexity index is 503. The van der Waals surface area contributed by atoms with E-state index in [1.54, 1.807) is 12.1 Å². The van der Waals surface area contributed by atoms with E-state index in [-0.39, 0.29) is 6.79 Å². The van der Waals surface area contributed by atoms with Crippen LogP contribution in [-0.4, -0.2) is 12.8 Å². The van der Waals surface area contributed by atoms with Crippen LogP contribution in [0.3, 0.4) is 0 Å². The summed E-state index contributed by atoms with van der Waals surface area (Å²) in [7, 11) is 0. The molecule has 5 nitrogen and oxygen atoms in total. The molecule has 0 aliphatic carbocycles. The highest BCUT2D eigenvalue weighted by Gasteiger charge is 2.37. The smallest absolute Gasteiger partial charge is 0.344 e. The van der Waals surface area contributed by atoms with E-state index in [1.807, 2.05) is 6.07 Å². The first-order valence-electron chi connectivity index (χ1n) is 4.34. The van der Waals surface area contributed by atoms with E-state index >= 15 is 0 Å². The molecule has 3 rings (SSSR count). The van der Waals surface area contributed by atoms with Crippen LogP contribution in [0.25, 0.3) is 0 Å². The van der Waals surface area contributed by atoms with Crippen LogP contribution in [0.15, 0.2) is 12.1 Å². The van der Waals surface area contributed by atoms with Gasteiger partial charge in [0.15, 0.2) is 11.5 Å². The quantitative estimate of drug-likeness (QED) is 0.591. The number of carbonyl (C=O) groups excluding carboxylic acids is 1. The maximum Gasteiger partial charge on any atom is 0.344 e. The van der Waals surface area contributed by atoms with Crippen LogP contribution >= 0.6 is 0 Å². The molecule has 0 saturated heterocycles. The molecule has 2 aliphatic rings. The Labute approximate surface area is 84.8 Å². The number of rotatable bonds is 0. The number of nitrogens with zero attached hydrogens (tertiary/aromatic N) is 1. The zero-order valence-corrected chi connectivity index (χ0v) is 7.52. The van der Waals surface area contributed by atoms with Gasteiger partial charge in [-0.25, -0.2) is 4.79 Å². The monoisotopic (exact) mass is 203 g/mol. The third-order valence-electron chi connectivity index (χ3n) is 2.40. The Kier molecular flexibility index (Phi) is 1.43. The topological polar surface area (TPSA) is 68.5 Å². The van der Waals surface area contributed by atoms with Crippen LogP contribution in [0.2, 0.25) is 0 Å². The summed E-state index contributed by atoms with van der Waals surface area (Å²) in [6, 6.07) is 5.23. The van der Waals surface area contributed by atoms with Crippen molar-refractivity contribution in [3.8, 4) is 17.6 Å². The van der Waals surface area contributed by atoms with Crippen LogP contribution in [0.4, 0.5) is 0 Å². The Morgan fingerprint density at radius 2 is 2.27 bits per heavy atom. The van der Waals surface area contributed by atoms with E-state index < -0.39 is 12.1 Å². The van der Waals surface area contributed by atoms with E-state index in [0.29, 0.717) is 22.6 Å². The summed E-state index contributed by atoms with van der Waals surface area (Å²) in [4.78, 5) is 11.5. The lowest BCUT2D eigenvalue weighted by molar-refractivity contribution is 0.0475. The van der Waals surface area contributed by atoms with Gasteiger partial charge in [0.2, 0.25) is 12.9 Å². The zero-order chi connectivity index (χ0) is 10.4. The Morgan fingerprint density at radius 1 is 1.40 bits per heavy atom.